The Morgan fingerprint density at radius 3 is 2.90 bits per heavy atom. The van der Waals surface area contributed by atoms with Gasteiger partial charge in [-0.3, -0.25) is 4.68 Å². The van der Waals surface area contributed by atoms with Gasteiger partial charge in [-0.2, -0.15) is 5.10 Å². The molecule has 5 heteroatoms. The van der Waals surface area contributed by atoms with Crippen LogP contribution in [-0.2, 0) is 19.7 Å². The summed E-state index contributed by atoms with van der Waals surface area (Å²) in [6, 6.07) is 6.14. The van der Waals surface area contributed by atoms with Crippen molar-refractivity contribution < 1.29 is 4.74 Å². The first-order valence-corrected chi connectivity index (χ1v) is 8.16. The van der Waals surface area contributed by atoms with Crippen molar-refractivity contribution in [2.45, 2.75) is 40.0 Å². The summed E-state index contributed by atoms with van der Waals surface area (Å²) >= 11 is 3.57. The number of nitrogens with one attached hydrogen (secondary N) is 1. The highest BCUT2D eigenvalue weighted by Crippen LogP contribution is 2.29. The highest BCUT2D eigenvalue weighted by atomic mass is 79.9. The summed E-state index contributed by atoms with van der Waals surface area (Å²) < 4.78 is 8.89. The molecule has 0 bridgehead atoms. The maximum atomic E-state index is 6.00. The van der Waals surface area contributed by atoms with Crippen LogP contribution in [0.5, 0.6) is 5.75 Å². The van der Waals surface area contributed by atoms with Crippen LogP contribution in [0.4, 0.5) is 0 Å². The minimum Gasteiger partial charge on any atom is -0.487 e. The topological polar surface area (TPSA) is 39.1 Å². The number of hydrogen-bond donors (Lipinski definition) is 1. The van der Waals surface area contributed by atoms with Gasteiger partial charge in [-0.25, -0.2) is 0 Å². The smallest absolute Gasteiger partial charge is 0.138 e. The number of aromatic nitrogens is 2. The first-order valence-electron chi connectivity index (χ1n) is 7.36. The van der Waals surface area contributed by atoms with Gasteiger partial charge in [0.2, 0.25) is 0 Å². The van der Waals surface area contributed by atoms with E-state index >= 15 is 0 Å². The molecule has 0 aliphatic rings. The third-order valence-corrected chi connectivity index (χ3v) is 3.81. The van der Waals surface area contributed by atoms with Crippen LogP contribution in [0.25, 0.3) is 0 Å². The van der Waals surface area contributed by atoms with Crippen molar-refractivity contribution in [2.24, 2.45) is 0 Å². The minimum atomic E-state index is 0.531. The van der Waals surface area contributed by atoms with Crippen LogP contribution in [0.15, 0.2) is 35.1 Å². The third kappa shape index (κ3) is 4.58. The Kier molecular flexibility index (Phi) is 6.26. The monoisotopic (exact) mass is 351 g/mol. The molecule has 0 spiro atoms. The number of halogens is 1. The van der Waals surface area contributed by atoms with Gasteiger partial charge in [0.25, 0.3) is 0 Å². The van der Waals surface area contributed by atoms with E-state index in [1.807, 2.05) is 29.2 Å². The molecular formula is C16H22BrN3O. The predicted molar refractivity (Wildman–Crippen MR) is 88.4 cm³/mol. The molecule has 0 amide bonds. The molecule has 0 saturated carbocycles. The molecule has 0 unspecified atom stereocenters. The fourth-order valence-corrected chi connectivity index (χ4v) is 2.59. The lowest BCUT2D eigenvalue weighted by Gasteiger charge is -2.13. The first kappa shape index (κ1) is 16.0. The summed E-state index contributed by atoms with van der Waals surface area (Å²) in [6.45, 7) is 7.47. The zero-order chi connectivity index (χ0) is 15.1. The Labute approximate surface area is 134 Å². The Hall–Kier alpha value is -1.33. The molecular weight excluding hydrogens is 330 g/mol. The summed E-state index contributed by atoms with van der Waals surface area (Å²) in [5, 5.41) is 7.68. The molecule has 0 aliphatic heterocycles. The summed E-state index contributed by atoms with van der Waals surface area (Å²) in [7, 11) is 0. The molecule has 0 atom stereocenters. The molecule has 0 aliphatic carbocycles. The van der Waals surface area contributed by atoms with Gasteiger partial charge in [-0.15, -0.1) is 0 Å². The number of rotatable bonds is 8. The average Bonchev–Trinajstić information content (AvgIpc) is 2.95. The van der Waals surface area contributed by atoms with Crippen LogP contribution in [0.3, 0.4) is 0 Å². The fraction of sp³-hybridized carbons (Fsp3) is 0.438. The number of para-hydroxylation sites is 1. The van der Waals surface area contributed by atoms with Crippen molar-refractivity contribution in [3.05, 3.63) is 46.2 Å². The van der Waals surface area contributed by atoms with Gasteiger partial charge >= 0.3 is 0 Å². The number of hydrogen-bond acceptors (Lipinski definition) is 3. The van der Waals surface area contributed by atoms with E-state index in [0.29, 0.717) is 6.61 Å². The molecule has 2 aromatic rings. The van der Waals surface area contributed by atoms with Gasteiger partial charge in [0.1, 0.15) is 12.4 Å². The molecule has 1 aromatic heterocycles. The van der Waals surface area contributed by atoms with Crippen LogP contribution < -0.4 is 10.1 Å². The highest BCUT2D eigenvalue weighted by Gasteiger charge is 2.09. The maximum absolute atomic E-state index is 6.00. The second-order valence-corrected chi connectivity index (χ2v) is 5.75. The number of nitrogens with zero attached hydrogens (tertiary/aromatic N) is 2. The van der Waals surface area contributed by atoms with Gasteiger partial charge in [-0.1, -0.05) is 19.1 Å². The lowest BCUT2D eigenvalue weighted by molar-refractivity contribution is 0.300. The molecule has 114 valence electrons. The largest absolute Gasteiger partial charge is 0.487 e. The molecule has 1 N–H and O–H groups in total. The zero-order valence-corrected chi connectivity index (χ0v) is 14.2. The van der Waals surface area contributed by atoms with Crippen molar-refractivity contribution in [1.29, 1.82) is 0 Å². The molecule has 1 heterocycles. The average molecular weight is 352 g/mol. The normalized spacial score (nSPS) is 10.8. The molecule has 4 nitrogen and oxygen atoms in total. The molecule has 21 heavy (non-hydrogen) atoms. The van der Waals surface area contributed by atoms with Crippen LogP contribution >= 0.6 is 15.9 Å². The van der Waals surface area contributed by atoms with E-state index in [1.165, 1.54) is 5.56 Å². The van der Waals surface area contributed by atoms with Gasteiger partial charge in [0, 0.05) is 30.4 Å². The first-order chi connectivity index (χ1) is 10.2. The molecule has 0 fully saturated rings. The predicted octanol–water partition coefficient (Wildman–Crippen LogP) is 3.74. The van der Waals surface area contributed by atoms with Gasteiger partial charge < -0.3 is 10.1 Å². The second-order valence-electron chi connectivity index (χ2n) is 4.90. The minimum absolute atomic E-state index is 0.531. The number of aryl methyl sites for hydroxylation is 1. The van der Waals surface area contributed by atoms with E-state index < -0.39 is 0 Å². The highest BCUT2D eigenvalue weighted by molar-refractivity contribution is 9.10. The van der Waals surface area contributed by atoms with Crippen molar-refractivity contribution in [3.8, 4) is 5.75 Å². The second kappa shape index (κ2) is 8.20. The third-order valence-electron chi connectivity index (χ3n) is 3.18. The van der Waals surface area contributed by atoms with Gasteiger partial charge in [0.15, 0.2) is 0 Å². The van der Waals surface area contributed by atoms with E-state index in [4.69, 9.17) is 4.74 Å². The standard InChI is InChI=1S/C16H22BrN3O/c1-3-8-18-10-14-6-5-7-15(17)16(14)21-12-13-9-19-20(4-2)11-13/h5-7,9,11,18H,3-4,8,10,12H2,1-2H3. The van der Waals surface area contributed by atoms with E-state index in [1.54, 1.807) is 0 Å². The van der Waals surface area contributed by atoms with Crippen molar-refractivity contribution in [2.75, 3.05) is 6.54 Å². The summed E-state index contributed by atoms with van der Waals surface area (Å²) in [6.07, 6.45) is 5.00. The van der Waals surface area contributed by atoms with Gasteiger partial charge in [0.05, 0.1) is 10.7 Å². The Bertz CT molecular complexity index is 568. The van der Waals surface area contributed by atoms with Crippen molar-refractivity contribution >= 4 is 15.9 Å². The van der Waals surface area contributed by atoms with Crippen molar-refractivity contribution in [3.63, 3.8) is 0 Å². The van der Waals surface area contributed by atoms with E-state index in [9.17, 15) is 0 Å². The Morgan fingerprint density at radius 2 is 2.19 bits per heavy atom. The van der Waals surface area contributed by atoms with Crippen LogP contribution in [0.2, 0.25) is 0 Å². The Balaban J connectivity index is 2.03. The quantitative estimate of drug-likeness (QED) is 0.736. The van der Waals surface area contributed by atoms with E-state index in [2.05, 4.69) is 46.3 Å². The van der Waals surface area contributed by atoms with Crippen molar-refractivity contribution in [1.82, 2.24) is 15.1 Å². The summed E-state index contributed by atoms with van der Waals surface area (Å²) in [5.41, 5.74) is 2.25. The summed E-state index contributed by atoms with van der Waals surface area (Å²) in [5.74, 6) is 0.908. The molecule has 0 radical (unpaired) electrons. The lowest BCUT2D eigenvalue weighted by Crippen LogP contribution is -2.14. The lowest BCUT2D eigenvalue weighted by atomic mass is 10.2. The van der Waals surface area contributed by atoms with Crippen LogP contribution in [0, 0.1) is 0 Å². The molecule has 0 saturated heterocycles. The summed E-state index contributed by atoms with van der Waals surface area (Å²) in [4.78, 5) is 0. The van der Waals surface area contributed by atoms with Crippen LogP contribution in [-0.4, -0.2) is 16.3 Å². The van der Waals surface area contributed by atoms with E-state index in [-0.39, 0.29) is 0 Å². The zero-order valence-electron chi connectivity index (χ0n) is 12.6. The SMILES string of the molecule is CCCNCc1cccc(Br)c1OCc1cnn(CC)c1. The number of ether oxygens (including phenoxy) is 1. The Morgan fingerprint density at radius 1 is 1.33 bits per heavy atom. The maximum Gasteiger partial charge on any atom is 0.138 e. The molecule has 1 aromatic carbocycles. The number of benzene rings is 1. The molecule has 2 rings (SSSR count). The fourth-order valence-electron chi connectivity index (χ4n) is 2.06. The van der Waals surface area contributed by atoms with Crippen LogP contribution in [0.1, 0.15) is 31.4 Å². The van der Waals surface area contributed by atoms with E-state index in [0.717, 1.165) is 41.8 Å². The van der Waals surface area contributed by atoms with Gasteiger partial charge in [-0.05, 0) is 41.9 Å².